The molecule has 0 radical (unpaired) electrons. The Morgan fingerprint density at radius 3 is 2.69 bits per heavy atom. The van der Waals surface area contributed by atoms with Crippen LogP contribution >= 0.6 is 0 Å². The van der Waals surface area contributed by atoms with Gasteiger partial charge in [0.25, 0.3) is 0 Å². The molecule has 1 aliphatic rings. The molecule has 0 saturated heterocycles. The van der Waals surface area contributed by atoms with Crippen molar-refractivity contribution in [1.82, 2.24) is 4.90 Å². The number of nitrogens with zero attached hydrogens (tertiary/aromatic N) is 1. The zero-order valence-corrected chi connectivity index (χ0v) is 10.6. The minimum Gasteiger partial charge on any atom is -0.395 e. The summed E-state index contributed by atoms with van der Waals surface area (Å²) in [7, 11) is 2.00. The summed E-state index contributed by atoms with van der Waals surface area (Å²) < 4.78 is 5.57. The Hall–Kier alpha value is -0.160. The molecule has 1 rings (SSSR count). The first kappa shape index (κ1) is 13.9. The summed E-state index contributed by atoms with van der Waals surface area (Å²) in [6.07, 6.45) is 3.55. The quantitative estimate of drug-likeness (QED) is 0.564. The van der Waals surface area contributed by atoms with Crippen molar-refractivity contribution in [2.24, 2.45) is 11.7 Å². The summed E-state index contributed by atoms with van der Waals surface area (Å²) >= 11 is 0. The molecule has 1 saturated carbocycles. The van der Waals surface area contributed by atoms with E-state index in [0.29, 0.717) is 0 Å². The highest BCUT2D eigenvalue weighted by atomic mass is 16.5. The lowest BCUT2D eigenvalue weighted by Gasteiger charge is -2.30. The van der Waals surface area contributed by atoms with Gasteiger partial charge in [0.15, 0.2) is 0 Å². The van der Waals surface area contributed by atoms with Crippen molar-refractivity contribution in [2.45, 2.75) is 38.3 Å². The van der Waals surface area contributed by atoms with E-state index in [1.165, 1.54) is 12.8 Å². The van der Waals surface area contributed by atoms with Gasteiger partial charge in [-0.1, -0.05) is 6.92 Å². The second-order valence-electron chi connectivity index (χ2n) is 4.82. The maximum absolute atomic E-state index is 9.29. The number of likely N-dealkylation sites (N-methyl/N-ethyl adjacent to an activating group) is 1. The van der Waals surface area contributed by atoms with Gasteiger partial charge >= 0.3 is 0 Å². The lowest BCUT2D eigenvalue weighted by atomic mass is 10.1. The van der Waals surface area contributed by atoms with Gasteiger partial charge in [-0.25, -0.2) is 0 Å². The predicted molar refractivity (Wildman–Crippen MR) is 65.3 cm³/mol. The van der Waals surface area contributed by atoms with Crippen molar-refractivity contribution >= 4 is 0 Å². The molecular weight excluding hydrogens is 204 g/mol. The van der Waals surface area contributed by atoms with Crippen molar-refractivity contribution in [3.8, 4) is 0 Å². The largest absolute Gasteiger partial charge is 0.395 e. The molecule has 0 heterocycles. The number of aliphatic hydroxyl groups excluding tert-OH is 1. The van der Waals surface area contributed by atoms with Crippen LogP contribution in [0.2, 0.25) is 0 Å². The average Bonchev–Trinajstić information content (AvgIpc) is 3.09. The Balaban J connectivity index is 2.11. The van der Waals surface area contributed by atoms with Crippen LogP contribution in [0.4, 0.5) is 0 Å². The van der Waals surface area contributed by atoms with Gasteiger partial charge < -0.3 is 15.6 Å². The Labute approximate surface area is 98.8 Å². The molecule has 1 aliphatic carbocycles. The predicted octanol–water partition coefficient (Wildman–Crippen LogP) is 0.443. The van der Waals surface area contributed by atoms with Gasteiger partial charge in [-0.15, -0.1) is 0 Å². The number of aliphatic hydroxyl groups is 1. The average molecular weight is 230 g/mol. The highest BCUT2D eigenvalue weighted by Crippen LogP contribution is 2.28. The number of ether oxygens (including phenoxy) is 1. The van der Waals surface area contributed by atoms with Crippen LogP contribution in [-0.4, -0.2) is 55.5 Å². The molecular formula is C12H26N2O2. The Morgan fingerprint density at radius 2 is 2.19 bits per heavy atom. The topological polar surface area (TPSA) is 58.7 Å². The van der Waals surface area contributed by atoms with Crippen molar-refractivity contribution in [3.63, 3.8) is 0 Å². The standard InChI is InChI=1S/C12H26N2O2/c1-3-11(13)12(8-15)14(2)6-7-16-9-10-4-5-10/h10-12,15H,3-9,13H2,1-2H3. The van der Waals surface area contributed by atoms with Gasteiger partial charge in [0.1, 0.15) is 0 Å². The van der Waals surface area contributed by atoms with Crippen molar-refractivity contribution in [1.29, 1.82) is 0 Å². The SMILES string of the molecule is CCC(N)C(CO)N(C)CCOCC1CC1. The van der Waals surface area contributed by atoms with Gasteiger partial charge in [-0.3, -0.25) is 4.90 Å². The molecule has 2 atom stereocenters. The zero-order valence-electron chi connectivity index (χ0n) is 10.6. The number of hydrogen-bond donors (Lipinski definition) is 2. The first-order valence-electron chi connectivity index (χ1n) is 6.33. The summed E-state index contributed by atoms with van der Waals surface area (Å²) in [6.45, 7) is 4.64. The maximum Gasteiger partial charge on any atom is 0.0601 e. The minimum absolute atomic E-state index is 0.0402. The molecule has 0 amide bonds. The van der Waals surface area contributed by atoms with Crippen LogP contribution in [-0.2, 0) is 4.74 Å². The molecule has 4 heteroatoms. The fraction of sp³-hybridized carbons (Fsp3) is 1.00. The number of nitrogens with two attached hydrogens (primary N) is 1. The van der Waals surface area contributed by atoms with Gasteiger partial charge in [0.05, 0.1) is 13.2 Å². The van der Waals surface area contributed by atoms with Crippen LogP contribution in [0.25, 0.3) is 0 Å². The highest BCUT2D eigenvalue weighted by Gasteiger charge is 2.22. The molecule has 0 aliphatic heterocycles. The second kappa shape index (κ2) is 7.22. The third-order valence-corrected chi connectivity index (χ3v) is 3.36. The summed E-state index contributed by atoms with van der Waals surface area (Å²) in [4.78, 5) is 2.10. The fourth-order valence-electron chi connectivity index (χ4n) is 1.78. The molecule has 2 unspecified atom stereocenters. The summed E-state index contributed by atoms with van der Waals surface area (Å²) in [6, 6.07) is 0.0907. The monoisotopic (exact) mass is 230 g/mol. The van der Waals surface area contributed by atoms with Gasteiger partial charge in [0.2, 0.25) is 0 Å². The maximum atomic E-state index is 9.29. The van der Waals surface area contributed by atoms with Gasteiger partial charge in [0, 0.05) is 25.2 Å². The first-order chi connectivity index (χ1) is 7.69. The first-order valence-corrected chi connectivity index (χ1v) is 6.33. The van der Waals surface area contributed by atoms with E-state index in [0.717, 1.165) is 32.1 Å². The summed E-state index contributed by atoms with van der Waals surface area (Å²) in [5.74, 6) is 0.817. The van der Waals surface area contributed by atoms with Crippen molar-refractivity contribution < 1.29 is 9.84 Å². The third kappa shape index (κ3) is 4.78. The van der Waals surface area contributed by atoms with Crippen LogP contribution in [0.3, 0.4) is 0 Å². The third-order valence-electron chi connectivity index (χ3n) is 3.36. The Bertz CT molecular complexity index is 186. The summed E-state index contributed by atoms with van der Waals surface area (Å²) in [5.41, 5.74) is 5.95. The Kier molecular flexibility index (Phi) is 6.28. The minimum atomic E-state index is 0.0402. The molecule has 0 aromatic rings. The zero-order chi connectivity index (χ0) is 12.0. The van der Waals surface area contributed by atoms with E-state index in [9.17, 15) is 5.11 Å². The van der Waals surface area contributed by atoms with Crippen LogP contribution < -0.4 is 5.73 Å². The van der Waals surface area contributed by atoms with Crippen LogP contribution in [0, 0.1) is 5.92 Å². The fourth-order valence-corrected chi connectivity index (χ4v) is 1.78. The van der Waals surface area contributed by atoms with E-state index in [2.05, 4.69) is 4.90 Å². The van der Waals surface area contributed by atoms with E-state index < -0.39 is 0 Å². The van der Waals surface area contributed by atoms with E-state index in [1.54, 1.807) is 0 Å². The Morgan fingerprint density at radius 1 is 1.50 bits per heavy atom. The number of hydrogen-bond acceptors (Lipinski definition) is 4. The lowest BCUT2D eigenvalue weighted by molar-refractivity contribution is 0.0682. The van der Waals surface area contributed by atoms with Crippen LogP contribution in [0.1, 0.15) is 26.2 Å². The molecule has 16 heavy (non-hydrogen) atoms. The van der Waals surface area contributed by atoms with Crippen LogP contribution in [0.5, 0.6) is 0 Å². The number of rotatable bonds is 9. The van der Waals surface area contributed by atoms with Crippen molar-refractivity contribution in [2.75, 3.05) is 33.4 Å². The normalized spacial score (nSPS) is 20.1. The van der Waals surface area contributed by atoms with E-state index in [-0.39, 0.29) is 18.7 Å². The molecule has 0 aromatic heterocycles. The van der Waals surface area contributed by atoms with Gasteiger partial charge in [-0.2, -0.15) is 0 Å². The highest BCUT2D eigenvalue weighted by molar-refractivity contribution is 4.79. The summed E-state index contributed by atoms with van der Waals surface area (Å²) in [5, 5.41) is 9.29. The van der Waals surface area contributed by atoms with E-state index >= 15 is 0 Å². The second-order valence-corrected chi connectivity index (χ2v) is 4.82. The van der Waals surface area contributed by atoms with E-state index in [1.807, 2.05) is 14.0 Å². The molecule has 4 nitrogen and oxygen atoms in total. The molecule has 0 aromatic carbocycles. The molecule has 1 fully saturated rings. The van der Waals surface area contributed by atoms with Crippen LogP contribution in [0.15, 0.2) is 0 Å². The van der Waals surface area contributed by atoms with Crippen molar-refractivity contribution in [3.05, 3.63) is 0 Å². The molecule has 0 bridgehead atoms. The molecule has 0 spiro atoms. The molecule has 3 N–H and O–H groups in total. The molecule has 96 valence electrons. The van der Waals surface area contributed by atoms with E-state index in [4.69, 9.17) is 10.5 Å². The van der Waals surface area contributed by atoms with Gasteiger partial charge in [-0.05, 0) is 32.2 Å². The lowest BCUT2D eigenvalue weighted by Crippen LogP contribution is -2.49. The smallest absolute Gasteiger partial charge is 0.0601 e.